The van der Waals surface area contributed by atoms with Gasteiger partial charge in [0, 0.05) is 0 Å². The number of hydrogen-bond donors (Lipinski definition) is 0. The van der Waals surface area contributed by atoms with Crippen LogP contribution in [0.25, 0.3) is 5.20 Å². The molecule has 51 heavy (non-hydrogen) atoms. The fraction of sp³-hybridized carbons (Fsp3) is 0.818. The first-order valence-corrected chi connectivity index (χ1v) is 38.7. The number of hydrogen-bond acceptors (Lipinski definition) is 0. The van der Waals surface area contributed by atoms with Crippen molar-refractivity contribution in [3.8, 4) is 0 Å². The van der Waals surface area contributed by atoms with Crippen molar-refractivity contribution in [3.05, 3.63) is 41.6 Å². The van der Waals surface area contributed by atoms with Crippen LogP contribution in [-0.4, -0.2) is 61.2 Å². The molecule has 0 N–H and O–H groups in total. The van der Waals surface area contributed by atoms with Crippen LogP contribution < -0.4 is 0 Å². The van der Waals surface area contributed by atoms with Gasteiger partial charge < -0.3 is 0 Å². The summed E-state index contributed by atoms with van der Waals surface area (Å²) in [6, 6.07) is 11.7. The van der Waals surface area contributed by atoms with E-state index in [1.807, 2.05) is 0 Å². The summed E-state index contributed by atoms with van der Waals surface area (Å²) in [5, 5.41) is 4.82. The maximum absolute atomic E-state index is 3.13. The van der Waals surface area contributed by atoms with Gasteiger partial charge in [-0.3, -0.25) is 0 Å². The van der Waals surface area contributed by atoms with E-state index in [9.17, 15) is 0 Å². The minimum absolute atomic E-state index is 0.221. The maximum atomic E-state index is 3.13. The van der Waals surface area contributed by atoms with Gasteiger partial charge in [0.2, 0.25) is 0 Å². The molecule has 0 unspecified atom stereocenters. The van der Waals surface area contributed by atoms with Crippen LogP contribution in [0.2, 0.25) is 66.5 Å². The molecule has 1 aromatic carbocycles. The Kier molecular flexibility index (Phi) is 16.6. The van der Waals surface area contributed by atoms with Crippen LogP contribution >= 0.6 is 0 Å². The quantitative estimate of drug-likeness (QED) is 0.250. The molecule has 0 aliphatic rings. The summed E-state index contributed by atoms with van der Waals surface area (Å²) in [5.74, 6) is 0. The molecule has 0 bridgehead atoms. The smallest absolute Gasteiger partial charge is 0.0561 e. The Hall–Kier alpha value is 0.804. The van der Waals surface area contributed by atoms with Gasteiger partial charge in [0.05, 0.1) is 8.80 Å². The zero-order valence-electron chi connectivity index (χ0n) is 40.0. The van der Waals surface area contributed by atoms with Crippen molar-refractivity contribution >= 4 is 66.3 Å². The van der Waals surface area contributed by atoms with E-state index in [2.05, 4.69) is 244 Å². The predicted molar refractivity (Wildman–Crippen MR) is 256 cm³/mol. The molecule has 0 nitrogen and oxygen atoms in total. The standard InChI is InChI=1S/C35H69GeSi5.C9H21Si/c1-30(2,3)39(19,31(4,5)6)37(40(20,32(7,8)9)33(10,11)12)27-29(28-25-23-22-24-26-28)38(36)41(21,34(13,14)15)35(16,17)18;1-8(2,3)10(7)9(4,5)6/h22-27H,1-21H3;1-7H3/b29-27-;. The molecular formula is C44H90GeSi6. The second kappa shape index (κ2) is 16.3. The molecule has 0 fully saturated rings. The minimum Gasteiger partial charge on any atom is -0.0703 e. The van der Waals surface area contributed by atoms with Crippen LogP contribution in [0, 0.1) is 0 Å². The third-order valence-electron chi connectivity index (χ3n) is 14.5. The Morgan fingerprint density at radius 2 is 0.725 bits per heavy atom. The molecule has 1 aromatic rings. The summed E-state index contributed by atoms with van der Waals surface area (Å²) < 4.78 is 0. The van der Waals surface area contributed by atoms with Gasteiger partial charge in [0.25, 0.3) is 0 Å². The first kappa shape index (κ1) is 51.8. The molecule has 294 valence electrons. The molecule has 0 aromatic heterocycles. The fourth-order valence-corrected chi connectivity index (χ4v) is 89.0. The Labute approximate surface area is 338 Å². The van der Waals surface area contributed by atoms with E-state index in [1.165, 1.54) is 5.56 Å². The van der Waals surface area contributed by atoms with Crippen molar-refractivity contribution in [1.29, 1.82) is 0 Å². The predicted octanol–water partition coefficient (Wildman–Crippen LogP) is 15.8. The van der Waals surface area contributed by atoms with E-state index < -0.39 is 37.0 Å². The molecule has 0 aliphatic carbocycles. The molecule has 0 aliphatic heterocycles. The van der Waals surface area contributed by atoms with Gasteiger partial charge in [-0.15, -0.1) is 0 Å². The maximum Gasteiger partial charge on any atom is 0.0561 e. The van der Waals surface area contributed by atoms with Crippen LogP contribution in [0.5, 0.6) is 0 Å². The van der Waals surface area contributed by atoms with Crippen molar-refractivity contribution in [1.82, 2.24) is 0 Å². The topological polar surface area (TPSA) is 0 Å². The van der Waals surface area contributed by atoms with Gasteiger partial charge in [-0.2, -0.15) is 0 Å². The fourth-order valence-electron chi connectivity index (χ4n) is 8.99. The van der Waals surface area contributed by atoms with E-state index >= 15 is 0 Å². The van der Waals surface area contributed by atoms with E-state index in [0.717, 1.165) is 0 Å². The first-order chi connectivity index (χ1) is 21.9. The summed E-state index contributed by atoms with van der Waals surface area (Å²) in [6.07, 6.45) is -0.856. The second-order valence-corrected chi connectivity index (χ2v) is 68.6. The Bertz CT molecular complexity index is 1220. The van der Waals surface area contributed by atoms with Crippen LogP contribution in [-0.2, 0) is 0 Å². The molecule has 7 heteroatoms. The normalized spacial score (nSPS) is 15.6. The van der Waals surface area contributed by atoms with Crippen LogP contribution in [0.4, 0.5) is 0 Å². The Morgan fingerprint density at radius 1 is 0.471 bits per heavy atom. The molecule has 1 rings (SSSR count). The Balaban J connectivity index is 0.00000216. The average Bonchev–Trinajstić information content (AvgIpc) is 2.87. The van der Waals surface area contributed by atoms with E-state index in [0.29, 0.717) is 40.3 Å². The molecular weight excluding hydrogens is 770 g/mol. The first-order valence-electron chi connectivity index (χ1n) is 20.0. The largest absolute Gasteiger partial charge is 0.0703 e. The van der Waals surface area contributed by atoms with Gasteiger partial charge in [-0.25, -0.2) is 0 Å². The summed E-state index contributed by atoms with van der Waals surface area (Å²) in [6.45, 7) is 71.9. The van der Waals surface area contributed by atoms with Gasteiger partial charge in [0.1, 0.15) is 0 Å². The zero-order chi connectivity index (χ0) is 41.6. The summed E-state index contributed by atoms with van der Waals surface area (Å²) >= 11 is 2.74. The Morgan fingerprint density at radius 3 is 0.922 bits per heavy atom. The third-order valence-corrected chi connectivity index (χ3v) is 86.7. The van der Waals surface area contributed by atoms with Gasteiger partial charge in [-0.05, 0) is 10.1 Å². The van der Waals surface area contributed by atoms with E-state index in [1.54, 1.807) is 5.20 Å². The monoisotopic (exact) mass is 860 g/mol. The van der Waals surface area contributed by atoms with Gasteiger partial charge in [-0.1, -0.05) is 48.1 Å². The van der Waals surface area contributed by atoms with Crippen molar-refractivity contribution in [2.24, 2.45) is 0 Å². The molecule has 0 saturated heterocycles. The van der Waals surface area contributed by atoms with E-state index in [4.69, 9.17) is 0 Å². The second-order valence-electron chi connectivity index (χ2n) is 24.7. The van der Waals surface area contributed by atoms with Crippen molar-refractivity contribution in [2.45, 2.75) is 233 Å². The summed E-state index contributed by atoms with van der Waals surface area (Å²) in [4.78, 5) is 0. The molecule has 0 amide bonds. The SMILES string of the molecule is CC(C)(C)[Si](C)([Si](/C=C(/c1ccccc1)[Si](=[Ge])[Si](C)(C(C)(C)C)C(C)(C)C)[Si](C)(C(C)(C)C)C(C)(C)C)C(C)(C)C.C[Si](C(C)(C)C)C(C)(C)C. The summed E-state index contributed by atoms with van der Waals surface area (Å²) in [7, 11) is -6.76. The summed E-state index contributed by atoms with van der Waals surface area (Å²) in [5.41, 5.74) is 4.65. The van der Waals surface area contributed by atoms with Crippen LogP contribution in [0.3, 0.4) is 0 Å². The van der Waals surface area contributed by atoms with E-state index in [-0.39, 0.29) is 8.80 Å². The molecule has 4 radical (unpaired) electrons. The number of rotatable bonds is 6. The average molecular weight is 860 g/mol. The van der Waals surface area contributed by atoms with Crippen LogP contribution in [0.15, 0.2) is 36.0 Å². The molecule has 0 spiro atoms. The third kappa shape index (κ3) is 11.0. The minimum atomic E-state index is -1.91. The number of benzene rings is 1. The molecule has 0 heterocycles. The van der Waals surface area contributed by atoms with Gasteiger partial charge >= 0.3 is 274 Å². The molecule has 0 atom stereocenters. The zero-order valence-corrected chi connectivity index (χ0v) is 48.1. The van der Waals surface area contributed by atoms with Crippen LogP contribution in [0.1, 0.15) is 172 Å². The van der Waals surface area contributed by atoms with Crippen molar-refractivity contribution < 1.29 is 0 Å². The van der Waals surface area contributed by atoms with Crippen molar-refractivity contribution in [2.75, 3.05) is 0 Å². The van der Waals surface area contributed by atoms with Gasteiger partial charge in [0.15, 0.2) is 0 Å². The van der Waals surface area contributed by atoms with Crippen molar-refractivity contribution in [3.63, 3.8) is 0 Å². The molecule has 0 saturated carbocycles.